The number of rotatable bonds is 6. The van der Waals surface area contributed by atoms with E-state index in [0.29, 0.717) is 11.8 Å². The van der Waals surface area contributed by atoms with Crippen LogP contribution in [0.3, 0.4) is 0 Å². The molecule has 6 nitrogen and oxygen atoms in total. The van der Waals surface area contributed by atoms with Crippen molar-refractivity contribution in [1.29, 1.82) is 0 Å². The van der Waals surface area contributed by atoms with E-state index in [4.69, 9.17) is 9.47 Å². The van der Waals surface area contributed by atoms with Crippen LogP contribution >= 0.6 is 11.3 Å². The monoisotopic (exact) mass is 435 g/mol. The lowest BCUT2D eigenvalue weighted by Crippen LogP contribution is -2.38. The quantitative estimate of drug-likeness (QED) is 0.414. The zero-order valence-corrected chi connectivity index (χ0v) is 18.3. The van der Waals surface area contributed by atoms with Gasteiger partial charge in [0.25, 0.3) is 5.19 Å². The van der Waals surface area contributed by atoms with Gasteiger partial charge in [-0.3, -0.25) is 9.69 Å². The molecular formula is C24H25N3O3S. The fourth-order valence-corrected chi connectivity index (χ4v) is 5.08. The van der Waals surface area contributed by atoms with Crippen molar-refractivity contribution in [2.75, 3.05) is 19.7 Å². The predicted molar refractivity (Wildman–Crippen MR) is 123 cm³/mol. The highest BCUT2D eigenvalue weighted by Crippen LogP contribution is 2.33. The van der Waals surface area contributed by atoms with Crippen molar-refractivity contribution < 1.29 is 14.3 Å². The molecule has 0 aliphatic carbocycles. The number of para-hydroxylation sites is 1. The van der Waals surface area contributed by atoms with E-state index in [1.165, 1.54) is 10.9 Å². The molecule has 0 bridgehead atoms. The molecule has 1 aliphatic rings. The van der Waals surface area contributed by atoms with Gasteiger partial charge in [0.2, 0.25) is 0 Å². The number of aromatic amines is 1. The van der Waals surface area contributed by atoms with E-state index < -0.39 is 0 Å². The van der Waals surface area contributed by atoms with E-state index in [1.807, 2.05) is 43.3 Å². The molecule has 1 aliphatic heterocycles. The van der Waals surface area contributed by atoms with Crippen LogP contribution in [0.5, 0.6) is 10.9 Å². The van der Waals surface area contributed by atoms with Gasteiger partial charge < -0.3 is 14.5 Å². The summed E-state index contributed by atoms with van der Waals surface area (Å²) in [6.45, 7) is 4.87. The molecule has 2 aromatic heterocycles. The summed E-state index contributed by atoms with van der Waals surface area (Å²) < 4.78 is 12.4. The summed E-state index contributed by atoms with van der Waals surface area (Å²) in [7, 11) is 0. The topological polar surface area (TPSA) is 67.5 Å². The first kappa shape index (κ1) is 20.0. The summed E-state index contributed by atoms with van der Waals surface area (Å²) >= 11 is 1.54. The molecule has 1 N–H and O–H groups in total. The summed E-state index contributed by atoms with van der Waals surface area (Å²) in [5, 5.41) is 1.82. The van der Waals surface area contributed by atoms with E-state index >= 15 is 0 Å². The number of aromatic nitrogens is 2. The standard InChI is InChI=1S/C24H25N3O3S/c1-2-29-23(28)16-6-5-11-27(14-16)15-17-13-25-21-12-18(9-10-19(17)21)30-24-26-20-7-3-4-8-22(20)31-24/h3-4,7-10,12-13,16,25H,2,5-6,11,14-15H2,1H3/t16-/m1/s1. The van der Waals surface area contributed by atoms with Gasteiger partial charge in [0.15, 0.2) is 0 Å². The normalized spacial score (nSPS) is 17.3. The van der Waals surface area contributed by atoms with Crippen molar-refractivity contribution in [1.82, 2.24) is 14.9 Å². The second-order valence-corrected chi connectivity index (χ2v) is 8.89. The van der Waals surface area contributed by atoms with Gasteiger partial charge in [-0.15, -0.1) is 0 Å². The Morgan fingerprint density at radius 1 is 1.29 bits per heavy atom. The number of nitrogens with one attached hydrogen (secondary N) is 1. The summed E-state index contributed by atoms with van der Waals surface area (Å²) in [6.07, 6.45) is 3.99. The highest BCUT2D eigenvalue weighted by molar-refractivity contribution is 7.20. The number of thiazole rings is 1. The molecule has 31 heavy (non-hydrogen) atoms. The molecule has 5 rings (SSSR count). The van der Waals surface area contributed by atoms with Gasteiger partial charge in [-0.25, -0.2) is 4.98 Å². The van der Waals surface area contributed by atoms with Gasteiger partial charge in [-0.2, -0.15) is 0 Å². The number of hydrogen-bond donors (Lipinski definition) is 1. The van der Waals surface area contributed by atoms with Crippen molar-refractivity contribution in [2.24, 2.45) is 5.92 Å². The fourth-order valence-electron chi connectivity index (χ4n) is 4.25. The Morgan fingerprint density at radius 2 is 2.19 bits per heavy atom. The minimum Gasteiger partial charge on any atom is -0.466 e. The molecule has 160 valence electrons. The number of nitrogens with zero attached hydrogens (tertiary/aromatic N) is 2. The lowest BCUT2D eigenvalue weighted by atomic mass is 9.97. The van der Waals surface area contributed by atoms with Crippen molar-refractivity contribution in [2.45, 2.75) is 26.3 Å². The molecule has 0 saturated carbocycles. The molecule has 0 amide bonds. The minimum atomic E-state index is -0.0669. The van der Waals surface area contributed by atoms with Gasteiger partial charge in [0.1, 0.15) is 5.75 Å². The van der Waals surface area contributed by atoms with E-state index in [2.05, 4.69) is 27.1 Å². The van der Waals surface area contributed by atoms with Gasteiger partial charge in [-0.1, -0.05) is 23.5 Å². The molecule has 0 unspecified atom stereocenters. The first-order chi connectivity index (χ1) is 15.2. The second kappa shape index (κ2) is 8.69. The number of H-pyrrole nitrogens is 1. The summed E-state index contributed by atoms with van der Waals surface area (Å²) in [5.41, 5.74) is 3.21. The minimum absolute atomic E-state index is 0.0206. The molecule has 0 radical (unpaired) electrons. The molecule has 1 saturated heterocycles. The number of likely N-dealkylation sites (tertiary alicyclic amines) is 1. The van der Waals surface area contributed by atoms with Crippen LogP contribution in [-0.4, -0.2) is 40.5 Å². The summed E-state index contributed by atoms with van der Waals surface area (Å²) in [6, 6.07) is 14.1. The number of hydrogen-bond acceptors (Lipinski definition) is 6. The van der Waals surface area contributed by atoms with E-state index in [1.54, 1.807) is 11.3 Å². The van der Waals surface area contributed by atoms with Gasteiger partial charge in [-0.05, 0) is 56.1 Å². The first-order valence-corrected chi connectivity index (χ1v) is 11.5. The number of piperidine rings is 1. The largest absolute Gasteiger partial charge is 0.466 e. The van der Waals surface area contributed by atoms with E-state index in [9.17, 15) is 4.79 Å². The maximum atomic E-state index is 12.1. The molecule has 4 aromatic rings. The number of carbonyl (C=O) groups is 1. The maximum absolute atomic E-state index is 12.1. The molecule has 0 spiro atoms. The van der Waals surface area contributed by atoms with Crippen LogP contribution in [0.2, 0.25) is 0 Å². The maximum Gasteiger partial charge on any atom is 0.310 e. The zero-order valence-electron chi connectivity index (χ0n) is 17.5. The van der Waals surface area contributed by atoms with E-state index in [-0.39, 0.29) is 11.9 Å². The third-order valence-electron chi connectivity index (χ3n) is 5.74. The molecular weight excluding hydrogens is 410 g/mol. The first-order valence-electron chi connectivity index (χ1n) is 10.7. The summed E-state index contributed by atoms with van der Waals surface area (Å²) in [5.74, 6) is 0.677. The van der Waals surface area contributed by atoms with Crippen molar-refractivity contribution in [3.63, 3.8) is 0 Å². The van der Waals surface area contributed by atoms with Crippen molar-refractivity contribution in [3.8, 4) is 10.9 Å². The summed E-state index contributed by atoms with van der Waals surface area (Å²) in [4.78, 5) is 22.4. The van der Waals surface area contributed by atoms with Crippen LogP contribution < -0.4 is 4.74 Å². The zero-order chi connectivity index (χ0) is 21.2. The Balaban J connectivity index is 1.29. The molecule has 3 heterocycles. The average Bonchev–Trinajstić information content (AvgIpc) is 3.37. The van der Waals surface area contributed by atoms with Gasteiger partial charge in [0, 0.05) is 36.3 Å². The average molecular weight is 436 g/mol. The Hall–Kier alpha value is -2.90. The van der Waals surface area contributed by atoms with Crippen LogP contribution in [0, 0.1) is 5.92 Å². The van der Waals surface area contributed by atoms with Crippen LogP contribution in [0.4, 0.5) is 0 Å². The third kappa shape index (κ3) is 4.29. The SMILES string of the molecule is CCOC(=O)[C@@H]1CCCN(Cc2c[nH]c3cc(Oc4nc5ccccc5s4)ccc23)C1. The third-order valence-corrected chi connectivity index (χ3v) is 6.65. The van der Waals surface area contributed by atoms with Gasteiger partial charge >= 0.3 is 5.97 Å². The Bertz CT molecular complexity index is 1180. The Kier molecular flexibility index (Phi) is 5.61. The van der Waals surface area contributed by atoms with Crippen LogP contribution in [0.1, 0.15) is 25.3 Å². The predicted octanol–water partition coefficient (Wildman–Crippen LogP) is 5.35. The second-order valence-electron chi connectivity index (χ2n) is 7.90. The van der Waals surface area contributed by atoms with Crippen LogP contribution in [-0.2, 0) is 16.1 Å². The highest BCUT2D eigenvalue weighted by Gasteiger charge is 2.27. The fraction of sp³-hybridized carbons (Fsp3) is 0.333. The molecule has 7 heteroatoms. The van der Waals surface area contributed by atoms with E-state index in [0.717, 1.165) is 54.0 Å². The van der Waals surface area contributed by atoms with Crippen LogP contribution in [0.25, 0.3) is 21.1 Å². The molecule has 1 atom stereocenters. The number of benzene rings is 2. The van der Waals surface area contributed by atoms with Crippen molar-refractivity contribution in [3.05, 3.63) is 54.2 Å². The Labute approximate surface area is 184 Å². The lowest BCUT2D eigenvalue weighted by Gasteiger charge is -2.31. The number of fused-ring (bicyclic) bond motifs is 2. The molecule has 2 aromatic carbocycles. The smallest absolute Gasteiger partial charge is 0.310 e. The number of esters is 1. The number of carbonyl (C=O) groups excluding carboxylic acids is 1. The van der Waals surface area contributed by atoms with Crippen LogP contribution in [0.15, 0.2) is 48.7 Å². The van der Waals surface area contributed by atoms with Crippen molar-refractivity contribution >= 4 is 38.4 Å². The number of ether oxygens (including phenoxy) is 2. The molecule has 1 fully saturated rings. The lowest BCUT2D eigenvalue weighted by molar-refractivity contribution is -0.150. The van der Waals surface area contributed by atoms with Gasteiger partial charge in [0.05, 0.1) is 22.7 Å². The highest BCUT2D eigenvalue weighted by atomic mass is 32.1. The Morgan fingerprint density at radius 3 is 3.06 bits per heavy atom.